The molecule has 1 saturated carbocycles. The van der Waals surface area contributed by atoms with Crippen LogP contribution in [0.25, 0.3) is 0 Å². The average molecular weight is 292 g/mol. The molecule has 0 bridgehead atoms. The Hall–Kier alpha value is -2.24. The van der Waals surface area contributed by atoms with E-state index in [1.54, 1.807) is 6.07 Å². The normalized spacial score (nSPS) is 13.6. The average Bonchev–Trinajstić information content (AvgIpc) is 3.28. The van der Waals surface area contributed by atoms with E-state index in [0.29, 0.717) is 12.3 Å². The lowest BCUT2D eigenvalue weighted by Crippen LogP contribution is -2.30. The predicted octanol–water partition coefficient (Wildman–Crippen LogP) is 2.71. The van der Waals surface area contributed by atoms with E-state index in [1.165, 1.54) is 32.1 Å². The van der Waals surface area contributed by atoms with E-state index >= 15 is 0 Å². The molecule has 0 radical (unpaired) electrons. The van der Waals surface area contributed by atoms with Crippen molar-refractivity contribution in [3.8, 4) is 5.75 Å². The van der Waals surface area contributed by atoms with Crippen LogP contribution in [-0.4, -0.2) is 30.8 Å². The Morgan fingerprint density at radius 2 is 2.14 bits per heavy atom. The third-order valence-corrected chi connectivity index (χ3v) is 3.48. The van der Waals surface area contributed by atoms with E-state index in [9.17, 15) is 9.59 Å². The molecule has 6 nitrogen and oxygen atoms in total. The van der Waals surface area contributed by atoms with Gasteiger partial charge in [-0.2, -0.15) is 0 Å². The number of anilines is 1. The van der Waals surface area contributed by atoms with Gasteiger partial charge in [-0.1, -0.05) is 12.8 Å². The highest BCUT2D eigenvalue weighted by Gasteiger charge is 2.20. The van der Waals surface area contributed by atoms with Crippen molar-refractivity contribution in [2.75, 3.05) is 19.0 Å². The summed E-state index contributed by atoms with van der Waals surface area (Å²) in [5, 5.41) is 14.4. The molecule has 0 heterocycles. The van der Waals surface area contributed by atoms with Crippen molar-refractivity contribution in [3.05, 3.63) is 23.8 Å². The van der Waals surface area contributed by atoms with Crippen LogP contribution < -0.4 is 15.4 Å². The highest BCUT2D eigenvalue weighted by atomic mass is 16.5. The molecule has 1 aromatic carbocycles. The van der Waals surface area contributed by atoms with Gasteiger partial charge in [0.1, 0.15) is 5.75 Å². The minimum Gasteiger partial charge on any atom is -0.497 e. The summed E-state index contributed by atoms with van der Waals surface area (Å²) < 4.78 is 4.98. The molecule has 2 amide bonds. The Labute approximate surface area is 123 Å². The number of ether oxygens (including phenoxy) is 1. The van der Waals surface area contributed by atoms with E-state index in [-0.39, 0.29) is 11.3 Å². The SMILES string of the molecule is COc1ccc(NC(=O)NCCCC2CC2)c(C(=O)O)c1. The van der Waals surface area contributed by atoms with Gasteiger partial charge in [-0.25, -0.2) is 9.59 Å². The van der Waals surface area contributed by atoms with Crippen LogP contribution >= 0.6 is 0 Å². The van der Waals surface area contributed by atoms with Crippen molar-refractivity contribution in [2.24, 2.45) is 5.92 Å². The zero-order valence-electron chi connectivity index (χ0n) is 12.0. The summed E-state index contributed by atoms with van der Waals surface area (Å²) in [5.74, 6) is 0.163. The van der Waals surface area contributed by atoms with Gasteiger partial charge < -0.3 is 20.5 Å². The van der Waals surface area contributed by atoms with Gasteiger partial charge in [-0.3, -0.25) is 0 Å². The second-order valence-electron chi connectivity index (χ2n) is 5.18. The standard InChI is InChI=1S/C15H20N2O4/c1-21-11-6-7-13(12(9-11)14(18)19)17-15(20)16-8-2-3-10-4-5-10/h6-7,9-10H,2-5,8H2,1H3,(H,18,19)(H2,16,17,20). The Kier molecular flexibility index (Phi) is 5.03. The van der Waals surface area contributed by atoms with Gasteiger partial charge in [0, 0.05) is 6.54 Å². The van der Waals surface area contributed by atoms with Crippen molar-refractivity contribution < 1.29 is 19.4 Å². The molecule has 0 aliphatic heterocycles. The molecule has 2 rings (SSSR count). The molecule has 1 aromatic rings. The molecule has 0 spiro atoms. The Balaban J connectivity index is 1.87. The molecule has 0 aromatic heterocycles. The van der Waals surface area contributed by atoms with Gasteiger partial charge in [0.15, 0.2) is 0 Å². The van der Waals surface area contributed by atoms with Crippen LogP contribution in [0.1, 0.15) is 36.0 Å². The number of methoxy groups -OCH3 is 1. The molecule has 0 unspecified atom stereocenters. The van der Waals surface area contributed by atoms with Gasteiger partial charge >= 0.3 is 12.0 Å². The Morgan fingerprint density at radius 3 is 2.76 bits per heavy atom. The summed E-state index contributed by atoms with van der Waals surface area (Å²) in [6.45, 7) is 0.598. The summed E-state index contributed by atoms with van der Waals surface area (Å²) in [6, 6.07) is 4.12. The fourth-order valence-electron chi connectivity index (χ4n) is 2.10. The summed E-state index contributed by atoms with van der Waals surface area (Å²) in [6.07, 6.45) is 4.70. The molecule has 1 aliphatic carbocycles. The molecule has 1 aliphatic rings. The zero-order valence-corrected chi connectivity index (χ0v) is 12.0. The molecule has 6 heteroatoms. The van der Waals surface area contributed by atoms with Crippen LogP contribution in [0.4, 0.5) is 10.5 Å². The minimum atomic E-state index is -1.11. The van der Waals surface area contributed by atoms with Crippen LogP contribution in [0.15, 0.2) is 18.2 Å². The maximum atomic E-state index is 11.8. The zero-order chi connectivity index (χ0) is 15.2. The molecule has 1 fully saturated rings. The molecule has 21 heavy (non-hydrogen) atoms. The first kappa shape index (κ1) is 15.2. The lowest BCUT2D eigenvalue weighted by Gasteiger charge is -2.11. The summed E-state index contributed by atoms with van der Waals surface area (Å²) in [5.41, 5.74) is 0.255. The number of carbonyl (C=O) groups is 2. The van der Waals surface area contributed by atoms with Gasteiger partial charge in [0.05, 0.1) is 18.4 Å². The van der Waals surface area contributed by atoms with E-state index in [2.05, 4.69) is 10.6 Å². The Morgan fingerprint density at radius 1 is 1.38 bits per heavy atom. The summed E-state index contributed by atoms with van der Waals surface area (Å²) in [7, 11) is 1.46. The first-order chi connectivity index (χ1) is 10.1. The smallest absolute Gasteiger partial charge is 0.337 e. The van der Waals surface area contributed by atoms with Crippen molar-refractivity contribution in [3.63, 3.8) is 0 Å². The molecule has 3 N–H and O–H groups in total. The third-order valence-electron chi connectivity index (χ3n) is 3.48. The lowest BCUT2D eigenvalue weighted by molar-refractivity contribution is 0.0697. The number of carbonyl (C=O) groups excluding carboxylic acids is 1. The first-order valence-corrected chi connectivity index (χ1v) is 7.06. The number of carboxylic acid groups (broad SMARTS) is 1. The number of benzene rings is 1. The number of urea groups is 1. The maximum absolute atomic E-state index is 11.8. The minimum absolute atomic E-state index is 0.00230. The number of hydrogen-bond donors (Lipinski definition) is 3. The van der Waals surface area contributed by atoms with E-state index in [1.807, 2.05) is 0 Å². The summed E-state index contributed by atoms with van der Waals surface area (Å²) in [4.78, 5) is 22.9. The number of hydrogen-bond acceptors (Lipinski definition) is 3. The highest BCUT2D eigenvalue weighted by Crippen LogP contribution is 2.33. The Bertz CT molecular complexity index is 526. The summed E-state index contributed by atoms with van der Waals surface area (Å²) >= 11 is 0. The van der Waals surface area contributed by atoms with Crippen LogP contribution in [0, 0.1) is 5.92 Å². The van der Waals surface area contributed by atoms with Crippen LogP contribution in [0.2, 0.25) is 0 Å². The largest absolute Gasteiger partial charge is 0.497 e. The van der Waals surface area contributed by atoms with Crippen LogP contribution in [0.3, 0.4) is 0 Å². The van der Waals surface area contributed by atoms with Crippen molar-refractivity contribution in [2.45, 2.75) is 25.7 Å². The van der Waals surface area contributed by atoms with Crippen molar-refractivity contribution >= 4 is 17.7 Å². The fraction of sp³-hybridized carbons (Fsp3) is 0.467. The van der Waals surface area contributed by atoms with Gasteiger partial charge in [0.25, 0.3) is 0 Å². The highest BCUT2D eigenvalue weighted by molar-refractivity contribution is 6.00. The van der Waals surface area contributed by atoms with Crippen LogP contribution in [0.5, 0.6) is 5.75 Å². The first-order valence-electron chi connectivity index (χ1n) is 7.06. The fourth-order valence-corrected chi connectivity index (χ4v) is 2.10. The molecule has 114 valence electrons. The van der Waals surface area contributed by atoms with E-state index in [0.717, 1.165) is 18.8 Å². The number of nitrogens with one attached hydrogen (secondary N) is 2. The van der Waals surface area contributed by atoms with Gasteiger partial charge in [0.2, 0.25) is 0 Å². The molecular weight excluding hydrogens is 272 g/mol. The molecule has 0 saturated heterocycles. The monoisotopic (exact) mass is 292 g/mol. The predicted molar refractivity (Wildman–Crippen MR) is 78.9 cm³/mol. The quantitative estimate of drug-likeness (QED) is 0.674. The molecule has 0 atom stereocenters. The van der Waals surface area contributed by atoms with Crippen LogP contribution in [-0.2, 0) is 0 Å². The lowest BCUT2D eigenvalue weighted by atomic mass is 10.1. The second kappa shape index (κ2) is 6.97. The van der Waals surface area contributed by atoms with Crippen molar-refractivity contribution in [1.29, 1.82) is 0 Å². The van der Waals surface area contributed by atoms with E-state index < -0.39 is 12.0 Å². The second-order valence-corrected chi connectivity index (χ2v) is 5.18. The van der Waals surface area contributed by atoms with Gasteiger partial charge in [-0.05, 0) is 37.0 Å². The molecular formula is C15H20N2O4. The number of amides is 2. The number of rotatable bonds is 7. The number of carboxylic acids is 1. The maximum Gasteiger partial charge on any atom is 0.337 e. The van der Waals surface area contributed by atoms with E-state index in [4.69, 9.17) is 9.84 Å². The number of aromatic carboxylic acids is 1. The third kappa shape index (κ3) is 4.66. The van der Waals surface area contributed by atoms with Gasteiger partial charge in [-0.15, -0.1) is 0 Å². The van der Waals surface area contributed by atoms with Crippen molar-refractivity contribution in [1.82, 2.24) is 5.32 Å². The topological polar surface area (TPSA) is 87.7 Å².